The molecule has 6 aromatic heterocycles. The van der Waals surface area contributed by atoms with Crippen molar-refractivity contribution in [3.05, 3.63) is 15.3 Å². The van der Waals surface area contributed by atoms with Crippen LogP contribution in [0.2, 0.25) is 0 Å². The molecule has 12 rings (SSSR count). The van der Waals surface area contributed by atoms with E-state index in [0.29, 0.717) is 72.7 Å². The fourth-order valence-electron chi connectivity index (χ4n) is 7.82. The third kappa shape index (κ3) is 5.06. The highest BCUT2D eigenvalue weighted by atomic mass is 32.1. The smallest absolute Gasteiger partial charge is 0.181 e. The first-order chi connectivity index (χ1) is 27.6. The maximum absolute atomic E-state index is 6.59. The van der Waals surface area contributed by atoms with Crippen molar-refractivity contribution >= 4 is 68.0 Å². The molecule has 0 saturated carbocycles. The fourth-order valence-corrected chi connectivity index (χ4v) is 15.4. The van der Waals surface area contributed by atoms with Crippen molar-refractivity contribution < 1.29 is 52.1 Å². The maximum atomic E-state index is 6.59. The van der Waals surface area contributed by atoms with Gasteiger partial charge in [-0.15, -0.1) is 68.0 Å². The van der Waals surface area contributed by atoms with E-state index in [0.717, 1.165) is 135 Å². The van der Waals surface area contributed by atoms with Crippen LogP contribution in [-0.2, 0) is 6.42 Å². The number of hydrogen-bond donors (Lipinski definition) is 0. The Morgan fingerprint density at radius 1 is 0.268 bits per heavy atom. The van der Waals surface area contributed by atoms with E-state index < -0.39 is 0 Å². The molecule has 6 aliphatic heterocycles. The topological polar surface area (TPSA) is 102 Å². The predicted octanol–water partition coefficient (Wildman–Crippen LogP) is 10.2. The van der Waals surface area contributed by atoms with Gasteiger partial charge in [0.05, 0.1) is 55.4 Å². The molecule has 0 bridgehead atoms. The summed E-state index contributed by atoms with van der Waals surface area (Å²) in [5.74, 6) is 8.54. The van der Waals surface area contributed by atoms with Gasteiger partial charge in [-0.25, -0.2) is 0 Å². The quantitative estimate of drug-likeness (QED) is 0.166. The second kappa shape index (κ2) is 13.3. The molecule has 290 valence electrons. The molecule has 0 aromatic carbocycles. The summed E-state index contributed by atoms with van der Waals surface area (Å²) >= 11 is 10.0. The number of fused-ring (bicyclic) bond motifs is 6. The number of aryl methyl sites for hydroxylation is 2. The molecule has 0 amide bonds. The lowest BCUT2D eigenvalue weighted by Gasteiger charge is -2.19. The monoisotopic (exact) mass is 868 g/mol. The van der Waals surface area contributed by atoms with Gasteiger partial charge in [-0.3, -0.25) is 0 Å². The van der Waals surface area contributed by atoms with Crippen LogP contribution in [0.25, 0.3) is 48.8 Å². The third-order valence-electron chi connectivity index (χ3n) is 10.1. The molecule has 0 aliphatic carbocycles. The summed E-state index contributed by atoms with van der Waals surface area (Å²) in [6.45, 7) is 9.66. The van der Waals surface area contributed by atoms with E-state index in [2.05, 4.69) is 13.8 Å². The first-order valence-electron chi connectivity index (χ1n) is 18.5. The molecule has 11 nitrogen and oxygen atoms in total. The van der Waals surface area contributed by atoms with E-state index in [9.17, 15) is 0 Å². The zero-order valence-corrected chi connectivity index (χ0v) is 35.0. The Morgan fingerprint density at radius 3 is 0.893 bits per heavy atom. The van der Waals surface area contributed by atoms with E-state index in [-0.39, 0.29) is 0 Å². The SMILES string of the molecule is Cc1sc(-c2sc(-c3sc(-c4sc(-c5sc(-c6sc(C)c7c6OCCO7)c6c5OCCO6)c5c4OCCO5)c4c3CCCO4)c3c2OCCO3)c2c1OCCO2. The Labute approximate surface area is 344 Å². The highest BCUT2D eigenvalue weighted by Crippen LogP contribution is 2.67. The molecule has 0 fully saturated rings. The van der Waals surface area contributed by atoms with Crippen molar-refractivity contribution in [3.8, 4) is 112 Å². The van der Waals surface area contributed by atoms with Gasteiger partial charge < -0.3 is 52.1 Å². The van der Waals surface area contributed by atoms with Crippen molar-refractivity contribution in [2.75, 3.05) is 72.7 Å². The molecule has 0 atom stereocenters. The van der Waals surface area contributed by atoms with Gasteiger partial charge in [-0.2, -0.15) is 0 Å². The summed E-state index contributed by atoms with van der Waals surface area (Å²) in [6.07, 6.45) is 1.81. The van der Waals surface area contributed by atoms with Gasteiger partial charge in [-0.05, 0) is 26.7 Å². The third-order valence-corrected chi connectivity index (χ3v) is 17.8. The van der Waals surface area contributed by atoms with Gasteiger partial charge in [0.25, 0.3) is 0 Å². The fraction of sp³-hybridized carbons (Fsp3) is 0.385. The lowest BCUT2D eigenvalue weighted by Crippen LogP contribution is -2.16. The van der Waals surface area contributed by atoms with E-state index in [1.165, 1.54) is 5.56 Å². The van der Waals surface area contributed by atoms with Gasteiger partial charge >= 0.3 is 0 Å². The highest BCUT2D eigenvalue weighted by Gasteiger charge is 2.39. The standard InChI is InChI=1S/C39H32O11S6/c1-16-19-22(43-8-6-41-19)33(51-16)36-25-24(45-10-11-46-25)32(54-36)30-18-4-3-5-40-21(18)31(53-30)35-26-28(49-14-12-47-26)38(55-35)39-29-27(48-13-15-50-29)37(56-39)34-23-20(17(2)52-34)42-7-9-44-23/h3-15H2,1-2H3. The lowest BCUT2D eigenvalue weighted by molar-refractivity contribution is 0.171. The summed E-state index contributed by atoms with van der Waals surface area (Å²) < 4.78 is 69.6. The largest absolute Gasteiger partial charge is 0.492 e. The van der Waals surface area contributed by atoms with Crippen molar-refractivity contribution in [1.82, 2.24) is 0 Å². The molecular formula is C39H32O11S6. The van der Waals surface area contributed by atoms with E-state index in [1.54, 1.807) is 68.0 Å². The Hall–Kier alpha value is -4.00. The van der Waals surface area contributed by atoms with Crippen molar-refractivity contribution in [3.63, 3.8) is 0 Å². The normalized spacial score (nSPS) is 17.4. The van der Waals surface area contributed by atoms with E-state index >= 15 is 0 Å². The van der Waals surface area contributed by atoms with Crippen molar-refractivity contribution in [2.45, 2.75) is 26.7 Å². The molecular weight excluding hydrogens is 837 g/mol. The van der Waals surface area contributed by atoms with E-state index in [4.69, 9.17) is 52.1 Å². The number of hydrogen-bond acceptors (Lipinski definition) is 17. The average Bonchev–Trinajstić information content (AvgIpc) is 4.10. The molecule has 0 radical (unpaired) electrons. The van der Waals surface area contributed by atoms with Crippen LogP contribution in [0.1, 0.15) is 21.7 Å². The minimum atomic E-state index is 0.448. The minimum absolute atomic E-state index is 0.448. The molecule has 0 spiro atoms. The van der Waals surface area contributed by atoms with Gasteiger partial charge in [-0.1, -0.05) is 0 Å². The predicted molar refractivity (Wildman–Crippen MR) is 219 cm³/mol. The minimum Gasteiger partial charge on any atom is -0.492 e. The zero-order chi connectivity index (χ0) is 37.1. The van der Waals surface area contributed by atoms with Crippen molar-refractivity contribution in [1.29, 1.82) is 0 Å². The van der Waals surface area contributed by atoms with Gasteiger partial charge in [0.2, 0.25) is 0 Å². The molecule has 56 heavy (non-hydrogen) atoms. The van der Waals surface area contributed by atoms with Crippen molar-refractivity contribution in [2.24, 2.45) is 0 Å². The van der Waals surface area contributed by atoms with Gasteiger partial charge in [0.1, 0.15) is 71.8 Å². The average molecular weight is 869 g/mol. The summed E-state index contributed by atoms with van der Waals surface area (Å²) in [5.41, 5.74) is 1.18. The highest BCUT2D eigenvalue weighted by molar-refractivity contribution is 7.31. The van der Waals surface area contributed by atoms with Crippen LogP contribution in [0.5, 0.6) is 63.2 Å². The zero-order valence-electron chi connectivity index (χ0n) is 30.1. The summed E-state index contributed by atoms with van der Waals surface area (Å²) in [4.78, 5) is 12.2. The first kappa shape index (κ1) is 34.1. The number of rotatable bonds is 5. The van der Waals surface area contributed by atoms with Gasteiger partial charge in [0, 0.05) is 15.3 Å². The molecule has 6 aromatic rings. The molecule has 0 unspecified atom stereocenters. The van der Waals surface area contributed by atoms with Crippen LogP contribution < -0.4 is 52.1 Å². The van der Waals surface area contributed by atoms with E-state index in [1.807, 2.05) is 0 Å². The Morgan fingerprint density at radius 2 is 0.518 bits per heavy atom. The second-order valence-electron chi connectivity index (χ2n) is 13.6. The summed E-state index contributed by atoms with van der Waals surface area (Å²) in [6, 6.07) is 0. The lowest BCUT2D eigenvalue weighted by atomic mass is 10.1. The Balaban J connectivity index is 1.02. The maximum Gasteiger partial charge on any atom is 0.181 e. The van der Waals surface area contributed by atoms with Crippen LogP contribution in [0, 0.1) is 13.8 Å². The van der Waals surface area contributed by atoms with Crippen LogP contribution in [0.3, 0.4) is 0 Å². The van der Waals surface area contributed by atoms with Crippen LogP contribution in [-0.4, -0.2) is 72.7 Å². The van der Waals surface area contributed by atoms with Crippen LogP contribution in [0.4, 0.5) is 0 Å². The molecule has 6 aliphatic rings. The molecule has 17 heteroatoms. The second-order valence-corrected chi connectivity index (χ2v) is 20.1. The summed E-state index contributed by atoms with van der Waals surface area (Å²) in [7, 11) is 0. The Bertz CT molecular complexity index is 2390. The molecule has 0 saturated heterocycles. The molecule has 0 N–H and O–H groups in total. The Kier molecular flexibility index (Phi) is 8.08. The summed E-state index contributed by atoms with van der Waals surface area (Å²) in [5, 5.41) is 0. The molecule has 12 heterocycles. The van der Waals surface area contributed by atoms with Gasteiger partial charge in [0.15, 0.2) is 57.5 Å². The van der Waals surface area contributed by atoms with Crippen LogP contribution in [0.15, 0.2) is 0 Å². The number of thiophene rings is 6. The first-order valence-corrected chi connectivity index (χ1v) is 23.4. The number of ether oxygens (including phenoxy) is 11. The van der Waals surface area contributed by atoms with Crippen LogP contribution >= 0.6 is 68.0 Å².